The molecule has 2 heterocycles. The maximum absolute atomic E-state index is 6.39. The van der Waals surface area contributed by atoms with Gasteiger partial charge in [-0.2, -0.15) is 0 Å². The second kappa shape index (κ2) is 10.3. The summed E-state index contributed by atoms with van der Waals surface area (Å²) in [6.45, 7) is 0. The molecule has 0 aliphatic rings. The van der Waals surface area contributed by atoms with Gasteiger partial charge in [0, 0.05) is 36.6 Å². The van der Waals surface area contributed by atoms with Crippen LogP contribution >= 0.6 is 11.3 Å². The first-order chi connectivity index (χ1) is 23.3. The molecule has 220 valence electrons. The standard InChI is InChI=1S/C44H27NOS/c1-2-12-31-29(11-1)27-39(34-14-4-3-13-33(31)34)45(38-19-10-21-41-43(38)37-16-5-7-20-40(37)46-41)30-25-23-28(24-26-30)32-17-9-18-36-35-15-6-8-22-42(35)47-44(32)36/h1-27H. The zero-order valence-corrected chi connectivity index (χ0v) is 26.2. The SMILES string of the molecule is c1ccc2c(c1)cc(N(c1ccc(-c3cccc4c3sc3ccccc34)cc1)c1cccc3oc4ccccc4c13)c1ccccc12. The number of benzene rings is 8. The van der Waals surface area contributed by atoms with Crippen molar-refractivity contribution in [1.82, 2.24) is 0 Å². The Balaban J connectivity index is 1.23. The van der Waals surface area contributed by atoms with Crippen LogP contribution in [0.4, 0.5) is 17.1 Å². The molecule has 0 fully saturated rings. The van der Waals surface area contributed by atoms with Crippen LogP contribution < -0.4 is 4.90 Å². The fourth-order valence-electron chi connectivity index (χ4n) is 7.33. The Morgan fingerprint density at radius 1 is 0.447 bits per heavy atom. The molecule has 0 atom stereocenters. The summed E-state index contributed by atoms with van der Waals surface area (Å²) in [6.07, 6.45) is 0. The van der Waals surface area contributed by atoms with Crippen LogP contribution in [0.15, 0.2) is 168 Å². The molecule has 2 nitrogen and oxygen atoms in total. The van der Waals surface area contributed by atoms with E-state index < -0.39 is 0 Å². The molecule has 47 heavy (non-hydrogen) atoms. The highest BCUT2D eigenvalue weighted by Crippen LogP contribution is 2.47. The Bertz CT molecular complexity index is 2810. The Kier molecular flexibility index (Phi) is 5.78. The third-order valence-corrected chi connectivity index (χ3v) is 10.7. The lowest BCUT2D eigenvalue weighted by molar-refractivity contribution is 0.669. The Morgan fingerprint density at radius 2 is 1.11 bits per heavy atom. The first-order valence-corrected chi connectivity index (χ1v) is 16.7. The number of fused-ring (bicyclic) bond motifs is 9. The van der Waals surface area contributed by atoms with E-state index in [9.17, 15) is 0 Å². The number of thiophene rings is 1. The predicted molar refractivity (Wildman–Crippen MR) is 202 cm³/mol. The van der Waals surface area contributed by atoms with E-state index in [4.69, 9.17) is 4.42 Å². The van der Waals surface area contributed by atoms with E-state index in [1.54, 1.807) is 0 Å². The first kappa shape index (κ1) is 26.3. The molecule has 0 aliphatic carbocycles. The van der Waals surface area contributed by atoms with Gasteiger partial charge in [0.25, 0.3) is 0 Å². The highest BCUT2D eigenvalue weighted by atomic mass is 32.1. The minimum absolute atomic E-state index is 0.881. The summed E-state index contributed by atoms with van der Waals surface area (Å²) in [6, 6.07) is 59.0. The van der Waals surface area contributed by atoms with Gasteiger partial charge in [-0.05, 0) is 69.8 Å². The average Bonchev–Trinajstić information content (AvgIpc) is 3.71. The third-order valence-electron chi connectivity index (χ3n) is 9.45. The van der Waals surface area contributed by atoms with Crippen molar-refractivity contribution in [2.24, 2.45) is 0 Å². The van der Waals surface area contributed by atoms with E-state index in [0.29, 0.717) is 0 Å². The largest absolute Gasteiger partial charge is 0.456 e. The molecule has 0 radical (unpaired) electrons. The van der Waals surface area contributed by atoms with E-state index in [2.05, 4.69) is 163 Å². The van der Waals surface area contributed by atoms with Crippen LogP contribution in [0.5, 0.6) is 0 Å². The monoisotopic (exact) mass is 617 g/mol. The number of anilines is 3. The van der Waals surface area contributed by atoms with Crippen molar-refractivity contribution in [1.29, 1.82) is 0 Å². The summed E-state index contributed by atoms with van der Waals surface area (Å²) in [4.78, 5) is 2.42. The fourth-order valence-corrected chi connectivity index (χ4v) is 8.57. The maximum atomic E-state index is 6.39. The van der Waals surface area contributed by atoms with E-state index in [-0.39, 0.29) is 0 Å². The summed E-state index contributed by atoms with van der Waals surface area (Å²) in [5.74, 6) is 0. The van der Waals surface area contributed by atoms with Gasteiger partial charge in [0.1, 0.15) is 11.2 Å². The van der Waals surface area contributed by atoms with Crippen molar-refractivity contribution in [3.63, 3.8) is 0 Å². The van der Waals surface area contributed by atoms with Crippen molar-refractivity contribution in [3.8, 4) is 11.1 Å². The molecule has 10 rings (SSSR count). The van der Waals surface area contributed by atoms with Gasteiger partial charge in [0.05, 0.1) is 16.8 Å². The highest BCUT2D eigenvalue weighted by molar-refractivity contribution is 7.26. The lowest BCUT2D eigenvalue weighted by Crippen LogP contribution is -2.11. The van der Waals surface area contributed by atoms with Crippen molar-refractivity contribution >= 4 is 92.1 Å². The van der Waals surface area contributed by atoms with Gasteiger partial charge < -0.3 is 9.32 Å². The smallest absolute Gasteiger partial charge is 0.137 e. The Hall–Kier alpha value is -5.90. The van der Waals surface area contributed by atoms with Crippen molar-refractivity contribution in [2.75, 3.05) is 4.90 Å². The molecule has 2 aromatic heterocycles. The van der Waals surface area contributed by atoms with Gasteiger partial charge in [-0.15, -0.1) is 11.3 Å². The van der Waals surface area contributed by atoms with Gasteiger partial charge in [0.2, 0.25) is 0 Å². The summed E-state index contributed by atoms with van der Waals surface area (Å²) in [7, 11) is 0. The van der Waals surface area contributed by atoms with Gasteiger partial charge in [0.15, 0.2) is 0 Å². The van der Waals surface area contributed by atoms with Gasteiger partial charge >= 0.3 is 0 Å². The summed E-state index contributed by atoms with van der Waals surface area (Å²) < 4.78 is 9.04. The van der Waals surface area contributed by atoms with Crippen LogP contribution in [0.3, 0.4) is 0 Å². The number of hydrogen-bond donors (Lipinski definition) is 0. The minimum atomic E-state index is 0.881. The van der Waals surface area contributed by atoms with Crippen LogP contribution in [0.1, 0.15) is 0 Å². The fraction of sp³-hybridized carbons (Fsp3) is 0. The minimum Gasteiger partial charge on any atom is -0.456 e. The molecule has 8 aromatic carbocycles. The van der Waals surface area contributed by atoms with Crippen LogP contribution in [0.2, 0.25) is 0 Å². The average molecular weight is 618 g/mol. The number of rotatable bonds is 4. The Morgan fingerprint density at radius 3 is 1.98 bits per heavy atom. The van der Waals surface area contributed by atoms with Crippen molar-refractivity contribution < 1.29 is 4.42 Å². The second-order valence-electron chi connectivity index (χ2n) is 12.1. The van der Waals surface area contributed by atoms with Gasteiger partial charge in [-0.1, -0.05) is 121 Å². The summed E-state index contributed by atoms with van der Waals surface area (Å²) in [5, 5.41) is 9.77. The zero-order valence-electron chi connectivity index (χ0n) is 25.4. The molecule has 0 aliphatic heterocycles. The third kappa shape index (κ3) is 4.04. The van der Waals surface area contributed by atoms with E-state index in [1.165, 1.54) is 52.8 Å². The molecule has 3 heteroatoms. The quantitative estimate of drug-likeness (QED) is 0.183. The van der Waals surface area contributed by atoms with Crippen molar-refractivity contribution in [3.05, 3.63) is 164 Å². The molecule has 0 saturated carbocycles. The summed E-state index contributed by atoms with van der Waals surface area (Å²) >= 11 is 1.87. The highest BCUT2D eigenvalue weighted by Gasteiger charge is 2.22. The van der Waals surface area contributed by atoms with Crippen LogP contribution in [-0.4, -0.2) is 0 Å². The molecule has 0 bridgehead atoms. The molecule has 0 spiro atoms. The molecule has 10 aromatic rings. The van der Waals surface area contributed by atoms with Gasteiger partial charge in [-0.3, -0.25) is 0 Å². The normalized spacial score (nSPS) is 11.8. The molecule has 0 amide bonds. The van der Waals surface area contributed by atoms with Crippen molar-refractivity contribution in [2.45, 2.75) is 0 Å². The lowest BCUT2D eigenvalue weighted by atomic mass is 9.98. The lowest BCUT2D eigenvalue weighted by Gasteiger charge is -2.28. The summed E-state index contributed by atoms with van der Waals surface area (Å²) in [5.41, 5.74) is 7.57. The van der Waals surface area contributed by atoms with E-state index in [1.807, 2.05) is 17.4 Å². The number of nitrogens with zero attached hydrogens (tertiary/aromatic N) is 1. The number of para-hydroxylation sites is 1. The maximum Gasteiger partial charge on any atom is 0.137 e. The predicted octanol–water partition coefficient (Wildman–Crippen LogP) is 13.4. The van der Waals surface area contributed by atoms with Crippen LogP contribution in [-0.2, 0) is 0 Å². The first-order valence-electron chi connectivity index (χ1n) is 15.9. The van der Waals surface area contributed by atoms with Gasteiger partial charge in [-0.25, -0.2) is 0 Å². The van der Waals surface area contributed by atoms with Crippen LogP contribution in [0.25, 0.3) is 74.8 Å². The van der Waals surface area contributed by atoms with E-state index in [0.717, 1.165) is 39.0 Å². The Labute approximate surface area is 275 Å². The molecule has 0 unspecified atom stereocenters. The molecule has 0 N–H and O–H groups in total. The molecular weight excluding hydrogens is 591 g/mol. The second-order valence-corrected chi connectivity index (χ2v) is 13.1. The molecular formula is C44H27NOS. The number of hydrogen-bond acceptors (Lipinski definition) is 3. The van der Waals surface area contributed by atoms with Crippen LogP contribution in [0, 0.1) is 0 Å². The topological polar surface area (TPSA) is 16.4 Å². The zero-order chi connectivity index (χ0) is 30.9. The molecule has 0 saturated heterocycles. The van der Waals surface area contributed by atoms with E-state index >= 15 is 0 Å². The number of furan rings is 1.